The van der Waals surface area contributed by atoms with Crippen LogP contribution in [0.5, 0.6) is 0 Å². The lowest BCUT2D eigenvalue weighted by Crippen LogP contribution is -2.40. The van der Waals surface area contributed by atoms with Gasteiger partial charge >= 0.3 is 0 Å². The second-order valence-corrected chi connectivity index (χ2v) is 8.68. The molecule has 0 radical (unpaired) electrons. The zero-order valence-electron chi connectivity index (χ0n) is 18.9. The maximum absolute atomic E-state index is 5.50. The molecular weight excluding hydrogens is 515 g/mol. The van der Waals surface area contributed by atoms with Crippen LogP contribution in [0.3, 0.4) is 0 Å². The van der Waals surface area contributed by atoms with E-state index in [2.05, 4.69) is 39.8 Å². The van der Waals surface area contributed by atoms with Crippen LogP contribution >= 0.6 is 24.0 Å². The summed E-state index contributed by atoms with van der Waals surface area (Å²) in [5.41, 5.74) is 2.63. The summed E-state index contributed by atoms with van der Waals surface area (Å²) in [6, 6.07) is 12.9. The first-order valence-corrected chi connectivity index (χ1v) is 11.8. The van der Waals surface area contributed by atoms with Crippen LogP contribution < -0.4 is 10.6 Å². The van der Waals surface area contributed by atoms with Crippen LogP contribution in [0.4, 0.5) is 0 Å². The quantitative estimate of drug-likeness (QED) is 0.278. The van der Waals surface area contributed by atoms with Crippen LogP contribution in [0.15, 0.2) is 52.1 Å². The Morgan fingerprint density at radius 1 is 1.03 bits per heavy atom. The highest BCUT2D eigenvalue weighted by atomic mass is 127. The third-order valence-electron chi connectivity index (χ3n) is 6.12. The number of nitrogens with one attached hydrogen (secondary N) is 2. The monoisotopic (exact) mass is 552 g/mol. The van der Waals surface area contributed by atoms with Gasteiger partial charge in [0.15, 0.2) is 5.96 Å². The first kappa shape index (κ1) is 25.1. The van der Waals surface area contributed by atoms with Crippen molar-refractivity contribution in [1.29, 1.82) is 0 Å². The molecule has 0 bridgehead atoms. The van der Waals surface area contributed by atoms with E-state index >= 15 is 0 Å². The Labute approximate surface area is 209 Å². The Morgan fingerprint density at radius 3 is 2.56 bits per heavy atom. The molecule has 176 valence electrons. The standard InChI is InChI=1S/C25H36N4O2.HI/c1-2-13-29(14-3-1)19-22-8-6-21(7-9-22)17-27-25(28-18-23-11-16-30-20-23)26-12-10-24-5-4-15-31-24;/h4-9,15,23H,1-3,10-14,16-20H2,(H2,26,27,28);1H. The van der Waals surface area contributed by atoms with Crippen LogP contribution in [0.1, 0.15) is 42.6 Å². The van der Waals surface area contributed by atoms with Crippen molar-refractivity contribution in [3.05, 3.63) is 59.5 Å². The van der Waals surface area contributed by atoms with E-state index in [0.29, 0.717) is 12.5 Å². The van der Waals surface area contributed by atoms with Gasteiger partial charge in [-0.3, -0.25) is 4.90 Å². The number of piperidine rings is 1. The van der Waals surface area contributed by atoms with Gasteiger partial charge in [-0.1, -0.05) is 30.7 Å². The minimum Gasteiger partial charge on any atom is -0.469 e. The fourth-order valence-electron chi connectivity index (χ4n) is 4.21. The number of ether oxygens (including phenoxy) is 1. The van der Waals surface area contributed by atoms with Gasteiger partial charge in [0.25, 0.3) is 0 Å². The zero-order valence-corrected chi connectivity index (χ0v) is 21.3. The number of guanidine groups is 1. The predicted molar refractivity (Wildman–Crippen MR) is 139 cm³/mol. The summed E-state index contributed by atoms with van der Waals surface area (Å²) in [6.07, 6.45) is 7.73. The van der Waals surface area contributed by atoms with Crippen LogP contribution in [0.2, 0.25) is 0 Å². The van der Waals surface area contributed by atoms with Gasteiger partial charge in [-0.25, -0.2) is 4.99 Å². The first-order valence-electron chi connectivity index (χ1n) is 11.8. The number of benzene rings is 1. The van der Waals surface area contributed by atoms with E-state index < -0.39 is 0 Å². The number of halogens is 1. The van der Waals surface area contributed by atoms with Gasteiger partial charge in [-0.2, -0.15) is 0 Å². The van der Waals surface area contributed by atoms with E-state index in [1.165, 1.54) is 43.5 Å². The Kier molecular flexibility index (Phi) is 10.8. The summed E-state index contributed by atoms with van der Waals surface area (Å²) in [5.74, 6) is 2.40. The van der Waals surface area contributed by atoms with Gasteiger partial charge in [0.05, 0.1) is 19.4 Å². The normalized spacial score (nSPS) is 19.5. The maximum Gasteiger partial charge on any atom is 0.191 e. The molecule has 2 fully saturated rings. The van der Waals surface area contributed by atoms with Crippen molar-refractivity contribution < 1.29 is 9.15 Å². The van der Waals surface area contributed by atoms with Gasteiger partial charge in [0.2, 0.25) is 0 Å². The SMILES string of the molecule is I.c1coc(CCNC(=NCc2ccc(CN3CCCCC3)cc2)NCC2CCOC2)c1. The molecule has 1 atom stereocenters. The number of aliphatic imine (C=N–C) groups is 1. The first-order chi connectivity index (χ1) is 15.3. The second-order valence-electron chi connectivity index (χ2n) is 8.68. The van der Waals surface area contributed by atoms with E-state index in [0.717, 1.165) is 57.4 Å². The molecule has 0 saturated carbocycles. The van der Waals surface area contributed by atoms with Crippen molar-refractivity contribution in [3.63, 3.8) is 0 Å². The summed E-state index contributed by atoms with van der Waals surface area (Å²) in [5, 5.41) is 6.95. The molecule has 1 aromatic heterocycles. The van der Waals surface area contributed by atoms with E-state index in [9.17, 15) is 0 Å². The maximum atomic E-state index is 5.50. The highest BCUT2D eigenvalue weighted by molar-refractivity contribution is 14.0. The van der Waals surface area contributed by atoms with Crippen LogP contribution in [0.25, 0.3) is 0 Å². The smallest absolute Gasteiger partial charge is 0.191 e. The van der Waals surface area contributed by atoms with Crippen molar-refractivity contribution in [2.24, 2.45) is 10.9 Å². The minimum absolute atomic E-state index is 0. The number of hydrogen-bond donors (Lipinski definition) is 2. The molecule has 0 amide bonds. The minimum atomic E-state index is 0. The Morgan fingerprint density at radius 2 is 1.84 bits per heavy atom. The summed E-state index contributed by atoms with van der Waals surface area (Å²) in [4.78, 5) is 7.40. The van der Waals surface area contributed by atoms with Crippen molar-refractivity contribution >= 4 is 29.9 Å². The molecule has 2 saturated heterocycles. The molecule has 0 aliphatic carbocycles. The fourth-order valence-corrected chi connectivity index (χ4v) is 4.21. The molecule has 7 heteroatoms. The van der Waals surface area contributed by atoms with Crippen LogP contribution in [-0.2, 0) is 24.2 Å². The molecule has 2 aliphatic rings. The Hall–Kier alpha value is -1.58. The number of nitrogens with zero attached hydrogens (tertiary/aromatic N) is 2. The molecule has 0 spiro atoms. The Balaban J connectivity index is 0.00000289. The van der Waals surface area contributed by atoms with Crippen molar-refractivity contribution in [1.82, 2.24) is 15.5 Å². The van der Waals surface area contributed by atoms with Gasteiger partial charge < -0.3 is 19.8 Å². The number of furan rings is 1. The molecule has 1 unspecified atom stereocenters. The van der Waals surface area contributed by atoms with Gasteiger partial charge in [-0.15, -0.1) is 24.0 Å². The zero-order chi connectivity index (χ0) is 21.1. The third-order valence-corrected chi connectivity index (χ3v) is 6.12. The molecule has 6 nitrogen and oxygen atoms in total. The van der Waals surface area contributed by atoms with Gasteiger partial charge in [-0.05, 0) is 55.6 Å². The molecule has 2 aliphatic heterocycles. The van der Waals surface area contributed by atoms with Crippen molar-refractivity contribution in [2.75, 3.05) is 39.4 Å². The van der Waals surface area contributed by atoms with Gasteiger partial charge in [0, 0.05) is 38.6 Å². The number of rotatable bonds is 9. The van der Waals surface area contributed by atoms with E-state index in [1.54, 1.807) is 6.26 Å². The topological polar surface area (TPSA) is 62.0 Å². The third kappa shape index (κ3) is 8.41. The van der Waals surface area contributed by atoms with E-state index in [4.69, 9.17) is 14.1 Å². The second kappa shape index (κ2) is 13.9. The van der Waals surface area contributed by atoms with E-state index in [-0.39, 0.29) is 24.0 Å². The van der Waals surface area contributed by atoms with E-state index in [1.807, 2.05) is 12.1 Å². The molecule has 2 N–H and O–H groups in total. The van der Waals surface area contributed by atoms with Gasteiger partial charge in [0.1, 0.15) is 5.76 Å². The summed E-state index contributed by atoms with van der Waals surface area (Å²) in [7, 11) is 0. The van der Waals surface area contributed by atoms with Crippen LogP contribution in [0, 0.1) is 5.92 Å². The largest absolute Gasteiger partial charge is 0.469 e. The average Bonchev–Trinajstić information content (AvgIpc) is 3.51. The highest BCUT2D eigenvalue weighted by Gasteiger charge is 2.16. The summed E-state index contributed by atoms with van der Waals surface area (Å²) < 4.78 is 10.9. The van der Waals surface area contributed by atoms with Crippen molar-refractivity contribution in [2.45, 2.75) is 45.2 Å². The predicted octanol–water partition coefficient (Wildman–Crippen LogP) is 4.20. The molecule has 32 heavy (non-hydrogen) atoms. The molecular formula is C25H37IN4O2. The number of likely N-dealkylation sites (tertiary alicyclic amines) is 1. The summed E-state index contributed by atoms with van der Waals surface area (Å²) in [6.45, 7) is 7.58. The Bertz CT molecular complexity index is 783. The van der Waals surface area contributed by atoms with Crippen LogP contribution in [-0.4, -0.2) is 50.3 Å². The number of hydrogen-bond acceptors (Lipinski definition) is 4. The lowest BCUT2D eigenvalue weighted by Gasteiger charge is -2.26. The lowest BCUT2D eigenvalue weighted by molar-refractivity contribution is 0.186. The lowest BCUT2D eigenvalue weighted by atomic mass is 10.1. The fraction of sp³-hybridized carbons (Fsp3) is 0.560. The molecule has 4 rings (SSSR count). The van der Waals surface area contributed by atoms with Crippen molar-refractivity contribution in [3.8, 4) is 0 Å². The summed E-state index contributed by atoms with van der Waals surface area (Å²) >= 11 is 0. The highest BCUT2D eigenvalue weighted by Crippen LogP contribution is 2.14. The molecule has 1 aromatic carbocycles. The average molecular weight is 553 g/mol. The molecule has 3 heterocycles. The molecule has 2 aromatic rings.